The van der Waals surface area contributed by atoms with Crippen molar-refractivity contribution in [3.05, 3.63) is 0 Å². The fourth-order valence-electron chi connectivity index (χ4n) is 2.13. The molecule has 2 fully saturated rings. The van der Waals surface area contributed by atoms with E-state index in [4.69, 9.17) is 4.74 Å². The summed E-state index contributed by atoms with van der Waals surface area (Å²) in [4.78, 5) is 11.5. The molecule has 0 aliphatic heterocycles. The Kier molecular flexibility index (Phi) is 4.18. The van der Waals surface area contributed by atoms with E-state index in [1.54, 1.807) is 0 Å². The van der Waals surface area contributed by atoms with E-state index in [1.807, 2.05) is 0 Å². The van der Waals surface area contributed by atoms with Crippen LogP contribution in [0.1, 0.15) is 38.5 Å². The van der Waals surface area contributed by atoms with Gasteiger partial charge in [0.15, 0.2) is 0 Å². The maximum atomic E-state index is 11.5. The molecular formula is C12H21NO3. The minimum Gasteiger partial charge on any atom is -0.391 e. The van der Waals surface area contributed by atoms with Gasteiger partial charge in [0.05, 0.1) is 18.8 Å². The summed E-state index contributed by atoms with van der Waals surface area (Å²) in [6.45, 7) is 0.848. The Morgan fingerprint density at radius 2 is 2.00 bits per heavy atom. The van der Waals surface area contributed by atoms with Crippen molar-refractivity contribution >= 4 is 5.91 Å². The highest BCUT2D eigenvalue weighted by molar-refractivity contribution is 5.77. The van der Waals surface area contributed by atoms with Gasteiger partial charge in [-0.15, -0.1) is 0 Å². The number of ether oxygens (including phenoxy) is 1. The molecular weight excluding hydrogens is 206 g/mol. The van der Waals surface area contributed by atoms with E-state index in [2.05, 4.69) is 5.32 Å². The summed E-state index contributed by atoms with van der Waals surface area (Å²) in [6.07, 6.45) is 5.94. The Hall–Kier alpha value is -0.610. The number of aliphatic hydroxyl groups is 1. The monoisotopic (exact) mass is 227 g/mol. The first-order valence-corrected chi connectivity index (χ1v) is 6.31. The zero-order valence-electron chi connectivity index (χ0n) is 9.65. The molecule has 2 saturated carbocycles. The van der Waals surface area contributed by atoms with E-state index in [1.165, 1.54) is 12.8 Å². The third kappa shape index (κ3) is 3.76. The van der Waals surface area contributed by atoms with Crippen molar-refractivity contribution in [1.82, 2.24) is 5.32 Å². The van der Waals surface area contributed by atoms with Crippen molar-refractivity contribution in [3.8, 4) is 0 Å². The third-order valence-corrected chi connectivity index (χ3v) is 3.36. The first-order chi connectivity index (χ1) is 7.75. The van der Waals surface area contributed by atoms with Crippen LogP contribution in [0.4, 0.5) is 0 Å². The summed E-state index contributed by atoms with van der Waals surface area (Å²) in [5.74, 6) is 0.597. The van der Waals surface area contributed by atoms with Crippen molar-refractivity contribution < 1.29 is 14.6 Å². The average Bonchev–Trinajstić information content (AvgIpc) is 3.05. The highest BCUT2D eigenvalue weighted by Crippen LogP contribution is 2.28. The third-order valence-electron chi connectivity index (χ3n) is 3.36. The molecule has 0 heterocycles. The maximum Gasteiger partial charge on any atom is 0.246 e. The van der Waals surface area contributed by atoms with Crippen LogP contribution in [-0.4, -0.2) is 36.4 Å². The molecule has 0 radical (unpaired) electrons. The SMILES string of the molecule is O=C(COCC1CC1)NC1CCCCC1O. The summed E-state index contributed by atoms with van der Waals surface area (Å²) in [5.41, 5.74) is 0. The Labute approximate surface area is 96.4 Å². The lowest BCUT2D eigenvalue weighted by Gasteiger charge is -2.28. The molecule has 0 bridgehead atoms. The normalized spacial score (nSPS) is 30.1. The van der Waals surface area contributed by atoms with Crippen LogP contribution in [0.25, 0.3) is 0 Å². The van der Waals surface area contributed by atoms with Crippen molar-refractivity contribution in [3.63, 3.8) is 0 Å². The van der Waals surface area contributed by atoms with Crippen LogP contribution in [0.2, 0.25) is 0 Å². The van der Waals surface area contributed by atoms with Crippen LogP contribution in [-0.2, 0) is 9.53 Å². The van der Waals surface area contributed by atoms with Crippen molar-refractivity contribution in [1.29, 1.82) is 0 Å². The number of rotatable bonds is 5. The summed E-state index contributed by atoms with van der Waals surface area (Å²) in [5, 5.41) is 12.5. The van der Waals surface area contributed by atoms with E-state index in [0.717, 1.165) is 25.7 Å². The molecule has 2 N–H and O–H groups in total. The molecule has 0 aromatic rings. The van der Waals surface area contributed by atoms with Gasteiger partial charge in [0.2, 0.25) is 5.91 Å². The van der Waals surface area contributed by atoms with Gasteiger partial charge in [-0.2, -0.15) is 0 Å². The molecule has 2 aliphatic carbocycles. The highest BCUT2D eigenvalue weighted by Gasteiger charge is 2.25. The number of amides is 1. The van der Waals surface area contributed by atoms with E-state index in [9.17, 15) is 9.90 Å². The molecule has 0 aromatic carbocycles. The second-order valence-corrected chi connectivity index (χ2v) is 4.98. The minimum atomic E-state index is -0.374. The quantitative estimate of drug-likeness (QED) is 0.731. The van der Waals surface area contributed by atoms with E-state index < -0.39 is 0 Å². The van der Waals surface area contributed by atoms with Crippen molar-refractivity contribution in [2.75, 3.05) is 13.2 Å². The van der Waals surface area contributed by atoms with Crippen molar-refractivity contribution in [2.45, 2.75) is 50.7 Å². The van der Waals surface area contributed by atoms with Crippen LogP contribution in [0, 0.1) is 5.92 Å². The second kappa shape index (κ2) is 5.64. The topological polar surface area (TPSA) is 58.6 Å². The standard InChI is InChI=1S/C12H21NO3/c14-11-4-2-1-3-10(11)13-12(15)8-16-7-9-5-6-9/h9-11,14H,1-8H2,(H,13,15). The van der Waals surface area contributed by atoms with E-state index in [0.29, 0.717) is 12.5 Å². The molecule has 0 aromatic heterocycles. The van der Waals surface area contributed by atoms with E-state index in [-0.39, 0.29) is 24.7 Å². The van der Waals surface area contributed by atoms with Gasteiger partial charge in [-0.05, 0) is 31.6 Å². The number of carbonyl (C=O) groups excluding carboxylic acids is 1. The fourth-order valence-corrected chi connectivity index (χ4v) is 2.13. The molecule has 92 valence electrons. The highest BCUT2D eigenvalue weighted by atomic mass is 16.5. The van der Waals surface area contributed by atoms with E-state index >= 15 is 0 Å². The predicted octanol–water partition coefficient (Wildman–Crippen LogP) is 0.833. The van der Waals surface area contributed by atoms with Gasteiger partial charge in [0, 0.05) is 0 Å². The molecule has 16 heavy (non-hydrogen) atoms. The Bertz CT molecular complexity index is 240. The lowest BCUT2D eigenvalue weighted by molar-refractivity contribution is -0.127. The van der Waals surface area contributed by atoms with Gasteiger partial charge in [-0.25, -0.2) is 0 Å². The molecule has 2 unspecified atom stereocenters. The smallest absolute Gasteiger partial charge is 0.246 e. The average molecular weight is 227 g/mol. The Morgan fingerprint density at radius 3 is 2.69 bits per heavy atom. The van der Waals surface area contributed by atoms with Gasteiger partial charge < -0.3 is 15.2 Å². The summed E-state index contributed by atoms with van der Waals surface area (Å²) in [6, 6.07) is -0.0641. The number of nitrogens with one attached hydrogen (secondary N) is 1. The number of hydrogen-bond donors (Lipinski definition) is 2. The zero-order chi connectivity index (χ0) is 11.4. The first kappa shape index (κ1) is 11.9. The fraction of sp³-hybridized carbons (Fsp3) is 0.917. The van der Waals surface area contributed by atoms with Gasteiger partial charge in [-0.1, -0.05) is 12.8 Å². The van der Waals surface area contributed by atoms with Crippen LogP contribution < -0.4 is 5.32 Å². The second-order valence-electron chi connectivity index (χ2n) is 4.98. The zero-order valence-corrected chi connectivity index (χ0v) is 9.65. The minimum absolute atomic E-state index is 0.0641. The number of aliphatic hydroxyl groups excluding tert-OH is 1. The lowest BCUT2D eigenvalue weighted by Crippen LogP contribution is -2.46. The Morgan fingerprint density at radius 1 is 1.25 bits per heavy atom. The molecule has 2 aliphatic rings. The maximum absolute atomic E-state index is 11.5. The summed E-state index contributed by atoms with van der Waals surface area (Å²) in [7, 11) is 0. The van der Waals surface area contributed by atoms with Crippen molar-refractivity contribution in [2.24, 2.45) is 5.92 Å². The predicted molar refractivity (Wildman–Crippen MR) is 59.9 cm³/mol. The number of carbonyl (C=O) groups is 1. The molecule has 4 nitrogen and oxygen atoms in total. The van der Waals surface area contributed by atoms with Gasteiger partial charge in [0.1, 0.15) is 6.61 Å². The molecule has 0 saturated heterocycles. The van der Waals surface area contributed by atoms with Gasteiger partial charge in [-0.3, -0.25) is 4.79 Å². The molecule has 0 spiro atoms. The van der Waals surface area contributed by atoms with Gasteiger partial charge in [0.25, 0.3) is 0 Å². The number of hydrogen-bond acceptors (Lipinski definition) is 3. The molecule has 1 amide bonds. The van der Waals surface area contributed by atoms with Crippen LogP contribution in [0.15, 0.2) is 0 Å². The van der Waals surface area contributed by atoms with Crippen LogP contribution >= 0.6 is 0 Å². The molecule has 4 heteroatoms. The summed E-state index contributed by atoms with van der Waals surface area (Å²) < 4.78 is 5.30. The summed E-state index contributed by atoms with van der Waals surface area (Å²) >= 11 is 0. The van der Waals surface area contributed by atoms with Crippen LogP contribution in [0.3, 0.4) is 0 Å². The molecule has 2 atom stereocenters. The molecule has 2 rings (SSSR count). The lowest BCUT2D eigenvalue weighted by atomic mass is 9.92. The Balaban J connectivity index is 1.60. The van der Waals surface area contributed by atoms with Crippen LogP contribution in [0.5, 0.6) is 0 Å². The van der Waals surface area contributed by atoms with Gasteiger partial charge >= 0.3 is 0 Å². The largest absolute Gasteiger partial charge is 0.391 e. The first-order valence-electron chi connectivity index (χ1n) is 6.31.